The van der Waals surface area contributed by atoms with Gasteiger partial charge in [0.2, 0.25) is 11.8 Å². The summed E-state index contributed by atoms with van der Waals surface area (Å²) >= 11 is 0. The van der Waals surface area contributed by atoms with Gasteiger partial charge in [0.15, 0.2) is 0 Å². The van der Waals surface area contributed by atoms with E-state index in [1.165, 1.54) is 0 Å². The second-order valence-corrected chi connectivity index (χ2v) is 2.56. The standard InChI is InChI=1S/C4H6N2O2.C4H9NO2/c7-3-1-5-4(8)2-6-3;1-2-7-4(6)3-5/h1-2H2,(H,5,8)(H,6,7);2-3,5H2,1H3. The van der Waals surface area contributed by atoms with Crippen LogP contribution in [0.15, 0.2) is 0 Å². The van der Waals surface area contributed by atoms with Crippen LogP contribution in [0, 0.1) is 0 Å². The number of nitrogens with one attached hydrogen (secondary N) is 2. The topological polar surface area (TPSA) is 111 Å². The van der Waals surface area contributed by atoms with Gasteiger partial charge in [0.25, 0.3) is 0 Å². The highest BCUT2D eigenvalue weighted by Gasteiger charge is 2.11. The lowest BCUT2D eigenvalue weighted by atomic mass is 10.4. The molecule has 0 spiro atoms. The Hall–Kier alpha value is -1.63. The second kappa shape index (κ2) is 7.74. The Morgan fingerprint density at radius 1 is 1.33 bits per heavy atom. The molecule has 4 N–H and O–H groups in total. The van der Waals surface area contributed by atoms with Crippen LogP contribution < -0.4 is 16.4 Å². The van der Waals surface area contributed by atoms with Crippen LogP contribution in [-0.4, -0.2) is 44.0 Å². The molecule has 1 aliphatic heterocycles. The zero-order valence-corrected chi connectivity index (χ0v) is 8.54. The molecule has 0 unspecified atom stereocenters. The maximum atomic E-state index is 10.3. The zero-order chi connectivity index (χ0) is 11.7. The zero-order valence-electron chi connectivity index (χ0n) is 8.54. The first-order valence-electron chi connectivity index (χ1n) is 4.49. The van der Waals surface area contributed by atoms with Crippen LogP contribution in [0.5, 0.6) is 0 Å². The predicted molar refractivity (Wildman–Crippen MR) is 51.7 cm³/mol. The third-order valence-corrected chi connectivity index (χ3v) is 1.36. The largest absolute Gasteiger partial charge is 0.465 e. The molecule has 0 aromatic heterocycles. The fraction of sp³-hybridized carbons (Fsp3) is 0.625. The van der Waals surface area contributed by atoms with Gasteiger partial charge in [-0.15, -0.1) is 0 Å². The van der Waals surface area contributed by atoms with Crippen LogP contribution in [0.4, 0.5) is 0 Å². The highest BCUT2D eigenvalue weighted by Crippen LogP contribution is 1.72. The van der Waals surface area contributed by atoms with Crippen LogP contribution in [0.25, 0.3) is 0 Å². The Morgan fingerprint density at radius 3 is 2.00 bits per heavy atom. The molecule has 86 valence electrons. The number of esters is 1. The number of hydrogen-bond acceptors (Lipinski definition) is 5. The van der Waals surface area contributed by atoms with Crippen LogP contribution in [0.3, 0.4) is 0 Å². The molecule has 0 aromatic rings. The van der Waals surface area contributed by atoms with Gasteiger partial charge in [-0.25, -0.2) is 0 Å². The summed E-state index contributed by atoms with van der Waals surface area (Å²) in [6, 6.07) is 0. The van der Waals surface area contributed by atoms with Crippen molar-refractivity contribution in [3.8, 4) is 0 Å². The van der Waals surface area contributed by atoms with Crippen molar-refractivity contribution in [3.63, 3.8) is 0 Å². The molecule has 0 saturated carbocycles. The predicted octanol–water partition coefficient (Wildman–Crippen LogP) is -2.26. The molecular formula is C8H15N3O4. The summed E-state index contributed by atoms with van der Waals surface area (Å²) < 4.78 is 4.43. The monoisotopic (exact) mass is 217 g/mol. The fourth-order valence-corrected chi connectivity index (χ4v) is 0.703. The molecular weight excluding hydrogens is 202 g/mol. The quantitative estimate of drug-likeness (QED) is 0.452. The summed E-state index contributed by atoms with van der Waals surface area (Å²) in [5.41, 5.74) is 4.88. The van der Waals surface area contributed by atoms with Crippen molar-refractivity contribution < 1.29 is 19.1 Å². The van der Waals surface area contributed by atoms with E-state index in [2.05, 4.69) is 15.4 Å². The van der Waals surface area contributed by atoms with Crippen LogP contribution in [0.1, 0.15) is 6.92 Å². The number of rotatable bonds is 2. The molecule has 7 nitrogen and oxygen atoms in total. The normalized spacial score (nSPS) is 14.3. The third-order valence-electron chi connectivity index (χ3n) is 1.36. The van der Waals surface area contributed by atoms with Crippen LogP contribution in [-0.2, 0) is 19.1 Å². The lowest BCUT2D eigenvalue weighted by Gasteiger charge is -2.10. The molecule has 0 bridgehead atoms. The molecule has 7 heteroatoms. The molecule has 1 fully saturated rings. The maximum absolute atomic E-state index is 10.3. The van der Waals surface area contributed by atoms with Gasteiger partial charge in [-0.3, -0.25) is 14.4 Å². The van der Waals surface area contributed by atoms with Gasteiger partial charge in [0.05, 0.1) is 26.2 Å². The summed E-state index contributed by atoms with van der Waals surface area (Å²) in [4.78, 5) is 30.6. The lowest BCUT2D eigenvalue weighted by molar-refractivity contribution is -0.141. The van der Waals surface area contributed by atoms with Crippen molar-refractivity contribution in [3.05, 3.63) is 0 Å². The number of nitrogens with two attached hydrogens (primary N) is 1. The van der Waals surface area contributed by atoms with Crippen molar-refractivity contribution >= 4 is 17.8 Å². The highest BCUT2D eigenvalue weighted by atomic mass is 16.5. The first kappa shape index (κ1) is 13.4. The minimum atomic E-state index is -0.345. The Bertz CT molecular complexity index is 214. The van der Waals surface area contributed by atoms with Gasteiger partial charge in [-0.1, -0.05) is 0 Å². The molecule has 1 heterocycles. The SMILES string of the molecule is CCOC(=O)CN.O=C1CNC(=O)CN1. The average Bonchev–Trinajstić information content (AvgIpc) is 2.24. The van der Waals surface area contributed by atoms with E-state index in [9.17, 15) is 14.4 Å². The number of hydrogen-bond donors (Lipinski definition) is 3. The Balaban J connectivity index is 0.000000265. The Labute approximate surface area is 87.3 Å². The molecule has 1 aliphatic rings. The van der Waals surface area contributed by atoms with Gasteiger partial charge in [0.1, 0.15) is 0 Å². The van der Waals surface area contributed by atoms with E-state index in [0.29, 0.717) is 6.61 Å². The number of carbonyl (C=O) groups is 3. The average molecular weight is 217 g/mol. The summed E-state index contributed by atoms with van der Waals surface area (Å²) in [7, 11) is 0. The van der Waals surface area contributed by atoms with E-state index in [0.717, 1.165) is 0 Å². The first-order valence-corrected chi connectivity index (χ1v) is 4.49. The van der Waals surface area contributed by atoms with Crippen LogP contribution in [0.2, 0.25) is 0 Å². The third kappa shape index (κ3) is 7.44. The Morgan fingerprint density at radius 2 is 1.80 bits per heavy atom. The number of carbonyl (C=O) groups excluding carboxylic acids is 3. The van der Waals surface area contributed by atoms with E-state index in [1.807, 2.05) is 0 Å². The summed E-state index contributed by atoms with van der Waals surface area (Å²) in [6.45, 7) is 2.38. The van der Waals surface area contributed by atoms with E-state index in [4.69, 9.17) is 5.73 Å². The fourth-order valence-electron chi connectivity index (χ4n) is 0.703. The van der Waals surface area contributed by atoms with Crippen molar-refractivity contribution in [2.75, 3.05) is 26.2 Å². The molecule has 0 aliphatic carbocycles. The second-order valence-electron chi connectivity index (χ2n) is 2.56. The number of piperazine rings is 1. The van der Waals surface area contributed by atoms with Gasteiger partial charge >= 0.3 is 5.97 Å². The van der Waals surface area contributed by atoms with Crippen LogP contribution >= 0.6 is 0 Å². The van der Waals surface area contributed by atoms with Gasteiger partial charge in [-0.05, 0) is 6.92 Å². The summed E-state index contributed by atoms with van der Waals surface area (Å²) in [5.74, 6) is -0.586. The van der Waals surface area contributed by atoms with Gasteiger partial charge < -0.3 is 21.1 Å². The first-order chi connectivity index (χ1) is 7.10. The summed E-state index contributed by atoms with van der Waals surface area (Å²) in [5, 5.41) is 4.76. The molecule has 0 radical (unpaired) electrons. The maximum Gasteiger partial charge on any atom is 0.319 e. The Kier molecular flexibility index (Phi) is 6.90. The van der Waals surface area contributed by atoms with Crippen molar-refractivity contribution in [1.29, 1.82) is 0 Å². The van der Waals surface area contributed by atoms with Crippen molar-refractivity contribution in [2.45, 2.75) is 6.92 Å². The number of amides is 2. The van der Waals surface area contributed by atoms with Crippen molar-refractivity contribution in [2.24, 2.45) is 5.73 Å². The van der Waals surface area contributed by atoms with E-state index in [1.54, 1.807) is 6.92 Å². The van der Waals surface area contributed by atoms with E-state index in [-0.39, 0.29) is 37.4 Å². The molecule has 15 heavy (non-hydrogen) atoms. The van der Waals surface area contributed by atoms with Gasteiger partial charge in [-0.2, -0.15) is 0 Å². The number of ether oxygens (including phenoxy) is 1. The smallest absolute Gasteiger partial charge is 0.319 e. The highest BCUT2D eigenvalue weighted by molar-refractivity contribution is 5.92. The molecule has 1 saturated heterocycles. The van der Waals surface area contributed by atoms with E-state index >= 15 is 0 Å². The van der Waals surface area contributed by atoms with Gasteiger partial charge in [0, 0.05) is 0 Å². The van der Waals surface area contributed by atoms with Crippen molar-refractivity contribution in [1.82, 2.24) is 10.6 Å². The molecule has 2 amide bonds. The minimum absolute atomic E-state index is 0.0200. The van der Waals surface area contributed by atoms with E-state index < -0.39 is 0 Å². The summed E-state index contributed by atoms with van der Waals surface area (Å²) in [6.07, 6.45) is 0. The lowest BCUT2D eigenvalue weighted by Crippen LogP contribution is -2.48. The molecule has 0 aromatic carbocycles. The molecule has 0 atom stereocenters. The molecule has 1 rings (SSSR count). The minimum Gasteiger partial charge on any atom is -0.465 e.